The van der Waals surface area contributed by atoms with Gasteiger partial charge in [-0.15, -0.1) is 0 Å². The Morgan fingerprint density at radius 2 is 1.94 bits per heavy atom. The first-order valence-electron chi connectivity index (χ1n) is 6.18. The highest BCUT2D eigenvalue weighted by atomic mass is 32.2. The van der Waals surface area contributed by atoms with Gasteiger partial charge in [0.1, 0.15) is 0 Å². The predicted molar refractivity (Wildman–Crippen MR) is 70.3 cm³/mol. The van der Waals surface area contributed by atoms with Gasteiger partial charge in [0.05, 0.1) is 11.5 Å². The summed E-state index contributed by atoms with van der Waals surface area (Å²) in [5.41, 5.74) is 0.368. The van der Waals surface area contributed by atoms with Crippen LogP contribution in [0.25, 0.3) is 0 Å². The number of ether oxygens (including phenoxy) is 1. The fourth-order valence-corrected chi connectivity index (χ4v) is 3.37. The van der Waals surface area contributed by atoms with Gasteiger partial charge < -0.3 is 10.1 Å². The normalized spacial score (nSPS) is 21.2. The molecule has 0 radical (unpaired) electrons. The fourth-order valence-electron chi connectivity index (χ4n) is 1.93. The number of benzene rings is 1. The number of hydrogen-bond donors (Lipinski definition) is 1. The van der Waals surface area contributed by atoms with Gasteiger partial charge in [0, 0.05) is 13.1 Å². The quantitative estimate of drug-likeness (QED) is 0.904. The van der Waals surface area contributed by atoms with Crippen LogP contribution >= 0.6 is 0 Å². The molecule has 0 aromatic heterocycles. The van der Waals surface area contributed by atoms with Crippen molar-refractivity contribution in [3.05, 3.63) is 29.8 Å². The summed E-state index contributed by atoms with van der Waals surface area (Å²) in [5, 5.41) is 3.04. The average molecular weight is 269 g/mol. The third-order valence-electron chi connectivity index (χ3n) is 3.11. The molecule has 1 atom stereocenters. The second-order valence-corrected chi connectivity index (χ2v) is 6.86. The highest BCUT2D eigenvalue weighted by molar-refractivity contribution is 7.92. The van der Waals surface area contributed by atoms with Crippen LogP contribution in [0.5, 0.6) is 0 Å². The molecule has 100 valence electrons. The molecule has 1 N–H and O–H groups in total. The van der Waals surface area contributed by atoms with E-state index in [-0.39, 0.29) is 0 Å². The average Bonchev–Trinajstić information content (AvgIpc) is 2.40. The lowest BCUT2D eigenvalue weighted by Gasteiger charge is -2.23. The van der Waals surface area contributed by atoms with E-state index in [1.165, 1.54) is 0 Å². The molecule has 0 aliphatic carbocycles. The minimum atomic E-state index is -3.39. The lowest BCUT2D eigenvalue weighted by molar-refractivity contribution is 0.0785. The molecule has 18 heavy (non-hydrogen) atoms. The molecule has 1 heterocycles. The van der Waals surface area contributed by atoms with Crippen LogP contribution in [-0.4, -0.2) is 33.6 Å². The minimum Gasteiger partial charge on any atom is -0.359 e. The molecule has 2 rings (SSSR count). The van der Waals surface area contributed by atoms with E-state index in [1.807, 2.05) is 12.1 Å². The Bertz CT molecular complexity index is 487. The third kappa shape index (κ3) is 2.74. The van der Waals surface area contributed by atoms with E-state index in [4.69, 9.17) is 4.74 Å². The summed E-state index contributed by atoms with van der Waals surface area (Å²) in [6, 6.07) is 7.08. The van der Waals surface area contributed by atoms with Gasteiger partial charge in [-0.2, -0.15) is 0 Å². The second-order valence-electron chi connectivity index (χ2n) is 4.77. The van der Waals surface area contributed by atoms with E-state index < -0.39 is 15.3 Å². The molecule has 1 fully saturated rings. The summed E-state index contributed by atoms with van der Waals surface area (Å²) < 4.78 is 29.9. The Kier molecular flexibility index (Phi) is 4.04. The third-order valence-corrected chi connectivity index (χ3v) is 5.04. The molecule has 1 aromatic carbocycles. The summed E-state index contributed by atoms with van der Waals surface area (Å²) >= 11 is 0. The Balaban J connectivity index is 2.23. The molecular formula is C13H19NO3S. The number of morpholine rings is 1. The number of rotatable bonds is 3. The summed E-state index contributed by atoms with van der Waals surface area (Å²) in [7, 11) is -3.39. The summed E-state index contributed by atoms with van der Waals surface area (Å²) in [6.45, 7) is 5.66. The van der Waals surface area contributed by atoms with Crippen LogP contribution < -0.4 is 5.32 Å². The van der Waals surface area contributed by atoms with Gasteiger partial charge in [0.15, 0.2) is 5.44 Å². The van der Waals surface area contributed by atoms with Gasteiger partial charge in [-0.3, -0.25) is 0 Å². The largest absolute Gasteiger partial charge is 0.359 e. The maximum absolute atomic E-state index is 12.3. The van der Waals surface area contributed by atoms with E-state index >= 15 is 0 Å². The lowest BCUT2D eigenvalue weighted by Crippen LogP contribution is -2.43. The van der Waals surface area contributed by atoms with Gasteiger partial charge in [0.2, 0.25) is 9.84 Å². The van der Waals surface area contributed by atoms with Gasteiger partial charge >= 0.3 is 0 Å². The molecular weight excluding hydrogens is 250 g/mol. The molecule has 0 spiro atoms. The van der Waals surface area contributed by atoms with Crippen molar-refractivity contribution >= 4 is 9.84 Å². The number of hydrogen-bond acceptors (Lipinski definition) is 4. The van der Waals surface area contributed by atoms with E-state index in [0.29, 0.717) is 30.5 Å². The zero-order valence-corrected chi connectivity index (χ0v) is 11.5. The van der Waals surface area contributed by atoms with Crippen LogP contribution in [0.2, 0.25) is 0 Å². The predicted octanol–water partition coefficient (Wildman–Crippen LogP) is 1.53. The van der Waals surface area contributed by atoms with E-state index in [9.17, 15) is 8.42 Å². The maximum Gasteiger partial charge on any atom is 0.206 e. The molecule has 4 nitrogen and oxygen atoms in total. The van der Waals surface area contributed by atoms with Crippen LogP contribution in [0, 0.1) is 0 Å². The van der Waals surface area contributed by atoms with Crippen molar-refractivity contribution in [2.45, 2.75) is 30.1 Å². The molecule has 1 unspecified atom stereocenters. The highest BCUT2D eigenvalue weighted by Gasteiger charge is 2.29. The molecule has 1 saturated heterocycles. The van der Waals surface area contributed by atoms with Crippen LogP contribution in [-0.2, 0) is 14.6 Å². The Hall–Kier alpha value is -0.910. The molecule has 0 amide bonds. The van der Waals surface area contributed by atoms with Gasteiger partial charge in [0.25, 0.3) is 0 Å². The molecule has 0 bridgehead atoms. The van der Waals surface area contributed by atoms with Crippen molar-refractivity contribution in [3.8, 4) is 0 Å². The highest BCUT2D eigenvalue weighted by Crippen LogP contribution is 2.21. The van der Waals surface area contributed by atoms with Crippen molar-refractivity contribution in [2.24, 2.45) is 0 Å². The van der Waals surface area contributed by atoms with Crippen molar-refractivity contribution < 1.29 is 13.2 Å². The van der Waals surface area contributed by atoms with Gasteiger partial charge in [-0.05, 0) is 23.6 Å². The Morgan fingerprint density at radius 3 is 2.44 bits per heavy atom. The first-order chi connectivity index (χ1) is 8.51. The smallest absolute Gasteiger partial charge is 0.206 e. The number of sulfone groups is 1. The molecule has 1 aromatic rings. The maximum atomic E-state index is 12.3. The first-order valence-corrected chi connectivity index (χ1v) is 7.72. The summed E-state index contributed by atoms with van der Waals surface area (Å²) in [4.78, 5) is 0.334. The van der Waals surface area contributed by atoms with E-state index in [2.05, 4.69) is 19.2 Å². The molecule has 0 saturated carbocycles. The van der Waals surface area contributed by atoms with Crippen molar-refractivity contribution in [2.75, 3.05) is 19.7 Å². The minimum absolute atomic E-state index is 0.334. The van der Waals surface area contributed by atoms with E-state index in [0.717, 1.165) is 5.56 Å². The standard InChI is InChI=1S/C13H19NO3S/c1-10(2)11-3-5-12(6-4-11)18(15,16)13-9-14-7-8-17-13/h3-6,10,13-14H,7-9H2,1-2H3. The molecule has 1 aliphatic rings. The summed E-state index contributed by atoms with van der Waals surface area (Å²) in [5.74, 6) is 0.398. The van der Waals surface area contributed by atoms with Crippen LogP contribution in [0.3, 0.4) is 0 Å². The van der Waals surface area contributed by atoms with E-state index in [1.54, 1.807) is 12.1 Å². The Morgan fingerprint density at radius 1 is 1.28 bits per heavy atom. The lowest BCUT2D eigenvalue weighted by atomic mass is 10.0. The van der Waals surface area contributed by atoms with Crippen molar-refractivity contribution in [3.63, 3.8) is 0 Å². The van der Waals surface area contributed by atoms with Gasteiger partial charge in [-0.1, -0.05) is 26.0 Å². The summed E-state index contributed by atoms with van der Waals surface area (Å²) in [6.07, 6.45) is 0. The van der Waals surface area contributed by atoms with Crippen LogP contribution in [0.1, 0.15) is 25.3 Å². The first kappa shape index (κ1) is 13.5. The fraction of sp³-hybridized carbons (Fsp3) is 0.538. The van der Waals surface area contributed by atoms with Crippen LogP contribution in [0.4, 0.5) is 0 Å². The van der Waals surface area contributed by atoms with Crippen molar-refractivity contribution in [1.82, 2.24) is 5.32 Å². The Labute approximate surface area is 108 Å². The second kappa shape index (κ2) is 5.38. The number of nitrogens with one attached hydrogen (secondary N) is 1. The molecule has 5 heteroatoms. The monoisotopic (exact) mass is 269 g/mol. The zero-order valence-electron chi connectivity index (χ0n) is 10.7. The zero-order chi connectivity index (χ0) is 13.2. The molecule has 1 aliphatic heterocycles. The van der Waals surface area contributed by atoms with Gasteiger partial charge in [-0.25, -0.2) is 8.42 Å². The topological polar surface area (TPSA) is 55.4 Å². The van der Waals surface area contributed by atoms with Crippen molar-refractivity contribution in [1.29, 1.82) is 0 Å². The van der Waals surface area contributed by atoms with Crippen LogP contribution in [0.15, 0.2) is 29.2 Å². The SMILES string of the molecule is CC(C)c1ccc(S(=O)(=O)C2CNCCO2)cc1.